The van der Waals surface area contributed by atoms with E-state index in [1.165, 1.54) is 24.0 Å². The standard InChI is InChI=1S/C28H33IN2O3/c1-34-23-8-7-19-14-25-28(33)10-9-22(30-26(32)20-3-2-4-21(29)13-20)16-27(28,24(19)15-23)11-12-31(25)17-18-5-6-18/h2-4,7-8,13,15,18,22,25,33H,5-6,9-12,14,16-17H2,1H3,(H,30,32)/t22-,25?,27?,28-/m1/s1. The van der Waals surface area contributed by atoms with Crippen LogP contribution in [0, 0.1) is 9.49 Å². The molecule has 4 atom stereocenters. The second-order valence-electron chi connectivity index (χ2n) is 10.9. The fraction of sp³-hybridized carbons (Fsp3) is 0.536. The summed E-state index contributed by atoms with van der Waals surface area (Å²) < 4.78 is 6.66. The molecule has 0 aromatic heterocycles. The summed E-state index contributed by atoms with van der Waals surface area (Å²) in [5, 5.41) is 15.8. The van der Waals surface area contributed by atoms with Crippen molar-refractivity contribution in [1.29, 1.82) is 0 Å². The van der Waals surface area contributed by atoms with Gasteiger partial charge in [0.1, 0.15) is 5.75 Å². The molecular formula is C28H33IN2O3. The van der Waals surface area contributed by atoms with Crippen LogP contribution >= 0.6 is 22.6 Å². The van der Waals surface area contributed by atoms with Crippen LogP contribution in [-0.2, 0) is 11.8 Å². The summed E-state index contributed by atoms with van der Waals surface area (Å²) in [5.41, 5.74) is 2.14. The molecule has 2 aromatic rings. The molecule has 2 unspecified atom stereocenters. The van der Waals surface area contributed by atoms with Gasteiger partial charge in [0.15, 0.2) is 0 Å². The van der Waals surface area contributed by atoms with E-state index in [-0.39, 0.29) is 23.4 Å². The Morgan fingerprint density at radius 2 is 2.06 bits per heavy atom. The molecule has 180 valence electrons. The highest BCUT2D eigenvalue weighted by atomic mass is 127. The number of carbonyl (C=O) groups excluding carboxylic acids is 1. The fourth-order valence-electron chi connectivity index (χ4n) is 7.09. The number of benzene rings is 2. The first-order chi connectivity index (χ1) is 16.4. The van der Waals surface area contributed by atoms with E-state index in [2.05, 4.69) is 51.0 Å². The van der Waals surface area contributed by atoms with Crippen LogP contribution in [0.2, 0.25) is 0 Å². The van der Waals surface area contributed by atoms with Crippen molar-refractivity contribution in [2.24, 2.45) is 5.92 Å². The third-order valence-corrected chi connectivity index (χ3v) is 9.64. The van der Waals surface area contributed by atoms with Crippen molar-refractivity contribution in [2.45, 2.75) is 68.0 Å². The number of amides is 1. The van der Waals surface area contributed by atoms with Gasteiger partial charge in [0, 0.05) is 33.2 Å². The summed E-state index contributed by atoms with van der Waals surface area (Å²) in [6.07, 6.45) is 6.76. The molecule has 2 bridgehead atoms. The van der Waals surface area contributed by atoms with Crippen LogP contribution in [0.4, 0.5) is 0 Å². The highest BCUT2D eigenvalue weighted by Gasteiger charge is 2.64. The van der Waals surface area contributed by atoms with Gasteiger partial charge in [-0.15, -0.1) is 0 Å². The highest BCUT2D eigenvalue weighted by Crippen LogP contribution is 2.59. The molecule has 6 rings (SSSR count). The molecule has 34 heavy (non-hydrogen) atoms. The Balaban J connectivity index is 1.35. The van der Waals surface area contributed by atoms with Gasteiger partial charge < -0.3 is 15.2 Å². The Morgan fingerprint density at radius 1 is 1.21 bits per heavy atom. The summed E-state index contributed by atoms with van der Waals surface area (Å²) in [6.45, 7) is 2.12. The molecule has 2 aromatic carbocycles. The minimum atomic E-state index is -0.775. The van der Waals surface area contributed by atoms with Crippen molar-refractivity contribution < 1.29 is 14.6 Å². The SMILES string of the molecule is COc1ccc2c(c1)C13CCN(CC4CC4)C(C2)[C@]1(O)CC[C@@H](NC(=O)c1cccc(I)c1)C3. The molecule has 3 aliphatic carbocycles. The van der Waals surface area contributed by atoms with Crippen molar-refractivity contribution in [3.63, 3.8) is 0 Å². The van der Waals surface area contributed by atoms with Gasteiger partial charge in [-0.1, -0.05) is 12.1 Å². The normalized spacial score (nSPS) is 32.4. The van der Waals surface area contributed by atoms with Gasteiger partial charge in [-0.2, -0.15) is 0 Å². The van der Waals surface area contributed by atoms with Crippen LogP contribution in [0.5, 0.6) is 5.75 Å². The molecular weight excluding hydrogens is 539 g/mol. The summed E-state index contributed by atoms with van der Waals surface area (Å²) in [5.74, 6) is 1.63. The lowest BCUT2D eigenvalue weighted by Gasteiger charge is -2.65. The van der Waals surface area contributed by atoms with Crippen molar-refractivity contribution in [1.82, 2.24) is 10.2 Å². The number of fused-ring (bicyclic) bond motifs is 1. The number of hydrogen-bond acceptors (Lipinski definition) is 4. The van der Waals surface area contributed by atoms with E-state index in [9.17, 15) is 9.90 Å². The van der Waals surface area contributed by atoms with E-state index in [0.717, 1.165) is 54.0 Å². The third-order valence-electron chi connectivity index (χ3n) is 8.97. The molecule has 1 amide bonds. The van der Waals surface area contributed by atoms with Gasteiger partial charge in [-0.25, -0.2) is 0 Å². The average molecular weight is 572 g/mol. The monoisotopic (exact) mass is 572 g/mol. The average Bonchev–Trinajstić information content (AvgIpc) is 3.65. The van der Waals surface area contributed by atoms with E-state index in [1.807, 2.05) is 24.3 Å². The van der Waals surface area contributed by atoms with Crippen LogP contribution in [0.1, 0.15) is 60.0 Å². The van der Waals surface area contributed by atoms with Crippen molar-refractivity contribution in [3.05, 3.63) is 62.7 Å². The Labute approximate surface area is 215 Å². The predicted molar refractivity (Wildman–Crippen MR) is 140 cm³/mol. The van der Waals surface area contributed by atoms with Gasteiger partial charge >= 0.3 is 0 Å². The van der Waals surface area contributed by atoms with E-state index in [1.54, 1.807) is 7.11 Å². The number of nitrogens with one attached hydrogen (secondary N) is 1. The third kappa shape index (κ3) is 3.68. The molecule has 5 nitrogen and oxygen atoms in total. The molecule has 4 aliphatic rings. The van der Waals surface area contributed by atoms with Gasteiger partial charge in [0.05, 0.1) is 12.7 Å². The van der Waals surface area contributed by atoms with Crippen molar-refractivity contribution in [2.75, 3.05) is 20.2 Å². The van der Waals surface area contributed by atoms with E-state index < -0.39 is 5.60 Å². The van der Waals surface area contributed by atoms with E-state index in [0.29, 0.717) is 12.0 Å². The first-order valence-corrected chi connectivity index (χ1v) is 13.7. The lowest BCUT2D eigenvalue weighted by Crippen LogP contribution is -2.74. The number of methoxy groups -OCH3 is 1. The predicted octanol–water partition coefficient (Wildman–Crippen LogP) is 4.29. The lowest BCUT2D eigenvalue weighted by atomic mass is 9.49. The largest absolute Gasteiger partial charge is 0.497 e. The van der Waals surface area contributed by atoms with Gasteiger partial charge in [-0.05, 0) is 121 Å². The Hall–Kier alpha value is -1.64. The molecule has 1 heterocycles. The van der Waals surface area contributed by atoms with E-state index in [4.69, 9.17) is 4.74 Å². The number of carbonyl (C=O) groups is 1. The number of hydrogen-bond donors (Lipinski definition) is 2. The van der Waals surface area contributed by atoms with Gasteiger partial charge in [0.2, 0.25) is 0 Å². The van der Waals surface area contributed by atoms with Crippen LogP contribution in [0.25, 0.3) is 0 Å². The smallest absolute Gasteiger partial charge is 0.251 e. The summed E-state index contributed by atoms with van der Waals surface area (Å²) in [6, 6.07) is 14.3. The molecule has 1 aliphatic heterocycles. The van der Waals surface area contributed by atoms with Crippen LogP contribution in [-0.4, -0.2) is 53.8 Å². The number of piperidine rings is 1. The number of halogens is 1. The summed E-state index contributed by atoms with van der Waals surface area (Å²) >= 11 is 2.25. The van der Waals surface area contributed by atoms with Crippen molar-refractivity contribution >= 4 is 28.5 Å². The topological polar surface area (TPSA) is 61.8 Å². The molecule has 0 radical (unpaired) electrons. The number of likely N-dealkylation sites (tertiary alicyclic amines) is 1. The summed E-state index contributed by atoms with van der Waals surface area (Å²) in [7, 11) is 1.71. The second kappa shape index (κ2) is 8.49. The Morgan fingerprint density at radius 3 is 2.82 bits per heavy atom. The molecule has 0 spiro atoms. The number of aliphatic hydroxyl groups is 1. The molecule has 3 fully saturated rings. The molecule has 2 N–H and O–H groups in total. The quantitative estimate of drug-likeness (QED) is 0.525. The Kier molecular flexibility index (Phi) is 5.69. The zero-order valence-electron chi connectivity index (χ0n) is 19.7. The molecule has 1 saturated heterocycles. The van der Waals surface area contributed by atoms with Crippen LogP contribution in [0.15, 0.2) is 42.5 Å². The molecule has 6 heteroatoms. The minimum absolute atomic E-state index is 0.0187. The highest BCUT2D eigenvalue weighted by molar-refractivity contribution is 14.1. The first-order valence-electron chi connectivity index (χ1n) is 12.6. The zero-order valence-corrected chi connectivity index (χ0v) is 21.9. The van der Waals surface area contributed by atoms with Crippen LogP contribution in [0.3, 0.4) is 0 Å². The lowest BCUT2D eigenvalue weighted by molar-refractivity contribution is -0.170. The van der Waals surface area contributed by atoms with Gasteiger partial charge in [-0.3, -0.25) is 9.69 Å². The maximum absolute atomic E-state index is 13.1. The maximum Gasteiger partial charge on any atom is 0.251 e. The number of nitrogens with zero attached hydrogens (tertiary/aromatic N) is 1. The first kappa shape index (κ1) is 22.8. The fourth-order valence-corrected chi connectivity index (χ4v) is 7.63. The maximum atomic E-state index is 13.1. The Bertz CT molecular complexity index is 1120. The second-order valence-corrected chi connectivity index (χ2v) is 12.1. The molecule has 2 saturated carbocycles. The number of rotatable bonds is 5. The minimum Gasteiger partial charge on any atom is -0.497 e. The van der Waals surface area contributed by atoms with Gasteiger partial charge in [0.25, 0.3) is 5.91 Å². The van der Waals surface area contributed by atoms with Crippen molar-refractivity contribution in [3.8, 4) is 5.75 Å². The zero-order chi connectivity index (χ0) is 23.5. The van der Waals surface area contributed by atoms with E-state index >= 15 is 0 Å². The summed E-state index contributed by atoms with van der Waals surface area (Å²) in [4.78, 5) is 15.7. The number of ether oxygens (including phenoxy) is 1. The van der Waals surface area contributed by atoms with Crippen LogP contribution < -0.4 is 10.1 Å².